The van der Waals surface area contributed by atoms with E-state index in [0.29, 0.717) is 24.8 Å². The monoisotopic (exact) mass is 448 g/mol. The average molecular weight is 449 g/mol. The van der Waals surface area contributed by atoms with Crippen molar-refractivity contribution in [2.75, 3.05) is 0 Å². The lowest BCUT2D eigenvalue weighted by atomic mass is 9.83. The number of hydrogen-bond acceptors (Lipinski definition) is 5. The second-order valence-corrected chi connectivity index (χ2v) is 9.46. The Balaban J connectivity index is 1.30. The van der Waals surface area contributed by atoms with Gasteiger partial charge in [-0.2, -0.15) is 0 Å². The number of fused-ring (bicyclic) bond motifs is 2. The number of ketones is 1. The van der Waals surface area contributed by atoms with Crippen molar-refractivity contribution in [3.63, 3.8) is 0 Å². The van der Waals surface area contributed by atoms with E-state index in [2.05, 4.69) is 30.4 Å². The predicted molar refractivity (Wildman–Crippen MR) is 128 cm³/mol. The maximum absolute atomic E-state index is 12.4. The van der Waals surface area contributed by atoms with Gasteiger partial charge in [-0.3, -0.25) is 4.79 Å². The van der Waals surface area contributed by atoms with Crippen LogP contribution in [0.25, 0.3) is 0 Å². The second-order valence-electron chi connectivity index (χ2n) is 9.46. The van der Waals surface area contributed by atoms with E-state index >= 15 is 0 Å². The average Bonchev–Trinajstić information content (AvgIpc) is 3.19. The topological polar surface area (TPSA) is 98.0 Å². The normalized spacial score (nSPS) is 25.5. The molecule has 0 amide bonds. The van der Waals surface area contributed by atoms with E-state index in [4.69, 9.17) is 0 Å². The molecule has 4 atom stereocenters. The summed E-state index contributed by atoms with van der Waals surface area (Å²) in [5, 5.41) is 39.3. The highest BCUT2D eigenvalue weighted by molar-refractivity contribution is 5.98. The summed E-state index contributed by atoms with van der Waals surface area (Å²) in [6, 6.07) is 0. The summed E-state index contributed by atoms with van der Waals surface area (Å²) in [6.45, 7) is 1.19. The fraction of sp³-hybridized carbons (Fsp3) is 0.393. The Kier molecular flexibility index (Phi) is 6.96. The molecule has 5 heteroatoms. The third kappa shape index (κ3) is 5.68. The first-order valence-corrected chi connectivity index (χ1v) is 11.6. The minimum absolute atomic E-state index is 0.0216. The molecule has 5 nitrogen and oxygen atoms in total. The zero-order chi connectivity index (χ0) is 23.6. The summed E-state index contributed by atoms with van der Waals surface area (Å²) in [5.41, 5.74) is 5.18. The van der Waals surface area contributed by atoms with Gasteiger partial charge in [-0.25, -0.2) is 0 Å². The number of aliphatic hydroxyl groups is 4. The third-order valence-corrected chi connectivity index (χ3v) is 6.69. The van der Waals surface area contributed by atoms with Crippen LogP contribution in [0.3, 0.4) is 0 Å². The fourth-order valence-electron chi connectivity index (χ4n) is 4.68. The van der Waals surface area contributed by atoms with Crippen LogP contribution in [0.4, 0.5) is 0 Å². The van der Waals surface area contributed by atoms with Gasteiger partial charge >= 0.3 is 0 Å². The van der Waals surface area contributed by atoms with Gasteiger partial charge in [0, 0.05) is 5.92 Å². The molecule has 0 aromatic carbocycles. The Labute approximate surface area is 194 Å². The van der Waals surface area contributed by atoms with Gasteiger partial charge in [-0.1, -0.05) is 71.9 Å². The van der Waals surface area contributed by atoms with E-state index in [1.807, 2.05) is 30.4 Å². The minimum Gasteiger partial charge on any atom is -0.388 e. The summed E-state index contributed by atoms with van der Waals surface area (Å²) in [5.74, 6) is -2.05. The van der Waals surface area contributed by atoms with Crippen LogP contribution in [0.5, 0.6) is 0 Å². The quantitative estimate of drug-likeness (QED) is 0.405. The van der Waals surface area contributed by atoms with Gasteiger partial charge in [-0.05, 0) is 61.8 Å². The van der Waals surface area contributed by atoms with Crippen molar-refractivity contribution in [2.24, 2.45) is 11.8 Å². The summed E-state index contributed by atoms with van der Waals surface area (Å²) in [6.07, 6.45) is 23.1. The first kappa shape index (κ1) is 23.6. The molecule has 0 bridgehead atoms. The van der Waals surface area contributed by atoms with Crippen LogP contribution in [0.2, 0.25) is 0 Å². The van der Waals surface area contributed by atoms with Gasteiger partial charge in [0.2, 0.25) is 0 Å². The highest BCUT2D eigenvalue weighted by Crippen LogP contribution is 2.35. The van der Waals surface area contributed by atoms with Crippen molar-refractivity contribution >= 4 is 5.78 Å². The number of carbonyl (C=O) groups is 1. The van der Waals surface area contributed by atoms with Gasteiger partial charge in [0.1, 0.15) is 6.10 Å². The Hall–Kier alpha value is -2.57. The third-order valence-electron chi connectivity index (χ3n) is 6.69. The van der Waals surface area contributed by atoms with Crippen LogP contribution >= 0.6 is 0 Å². The Bertz CT molecular complexity index is 1040. The molecule has 4 N–H and O–H groups in total. The summed E-state index contributed by atoms with van der Waals surface area (Å²) >= 11 is 0. The molecular weight excluding hydrogens is 416 g/mol. The second kappa shape index (κ2) is 9.74. The molecule has 0 radical (unpaired) electrons. The lowest BCUT2D eigenvalue weighted by Crippen LogP contribution is -2.38. The first-order chi connectivity index (χ1) is 15.7. The van der Waals surface area contributed by atoms with E-state index in [1.165, 1.54) is 23.6 Å². The van der Waals surface area contributed by atoms with Crippen LogP contribution in [0, 0.1) is 11.8 Å². The highest BCUT2D eigenvalue weighted by atomic mass is 16.5. The summed E-state index contributed by atoms with van der Waals surface area (Å²) in [7, 11) is 0. The molecule has 4 aliphatic rings. The number of rotatable bonds is 9. The van der Waals surface area contributed by atoms with Crippen molar-refractivity contribution < 1.29 is 25.2 Å². The van der Waals surface area contributed by atoms with Crippen molar-refractivity contribution in [1.29, 1.82) is 0 Å². The number of allylic oxidation sites excluding steroid dienone is 14. The molecule has 33 heavy (non-hydrogen) atoms. The summed E-state index contributed by atoms with van der Waals surface area (Å²) < 4.78 is 0. The summed E-state index contributed by atoms with van der Waals surface area (Å²) in [4.78, 5) is 12.4. The Morgan fingerprint density at radius 1 is 0.909 bits per heavy atom. The van der Waals surface area contributed by atoms with Crippen molar-refractivity contribution in [2.45, 2.75) is 57.0 Å². The predicted octanol–water partition coefficient (Wildman–Crippen LogP) is 3.52. The van der Waals surface area contributed by atoms with Gasteiger partial charge in [0.15, 0.2) is 11.6 Å². The first-order valence-electron chi connectivity index (χ1n) is 11.6. The molecular formula is C28H32O5. The SMILES string of the molecule is CC(O)(O)C(O)CCCC1=CC2C=C(CCC(O)C3=CC(=O)C4C=CC=CC4=C3)C=C2C=C1. The minimum atomic E-state index is -2.07. The maximum atomic E-state index is 12.4. The largest absolute Gasteiger partial charge is 0.388 e. The van der Waals surface area contributed by atoms with E-state index in [1.54, 1.807) is 6.08 Å². The van der Waals surface area contributed by atoms with Crippen LogP contribution < -0.4 is 0 Å². The van der Waals surface area contributed by atoms with Gasteiger partial charge in [0.05, 0.1) is 12.0 Å². The van der Waals surface area contributed by atoms with Gasteiger partial charge in [-0.15, -0.1) is 0 Å². The van der Waals surface area contributed by atoms with E-state index in [9.17, 15) is 25.2 Å². The molecule has 0 spiro atoms. The molecule has 0 aromatic heterocycles. The lowest BCUT2D eigenvalue weighted by molar-refractivity contribution is -0.212. The van der Waals surface area contributed by atoms with Crippen molar-refractivity contribution in [3.8, 4) is 0 Å². The van der Waals surface area contributed by atoms with E-state index in [0.717, 1.165) is 18.4 Å². The van der Waals surface area contributed by atoms with Crippen LogP contribution in [-0.4, -0.2) is 44.2 Å². The van der Waals surface area contributed by atoms with Crippen LogP contribution in [0.15, 0.2) is 94.7 Å². The number of carbonyl (C=O) groups excluding carboxylic acids is 1. The molecule has 0 heterocycles. The fourth-order valence-corrected chi connectivity index (χ4v) is 4.68. The Morgan fingerprint density at radius 2 is 1.70 bits per heavy atom. The standard InChI is InChI=1S/C28H32O5/c1-28(32,33)27(31)8-4-5-18-9-11-20-14-19(15-22(20)13-18)10-12-25(29)23-16-21-6-2-3-7-24(21)26(30)17-23/h2-3,6-7,9,11,13-17,22,24-25,27,29,31-33H,4-5,8,10,12H2,1H3. The molecule has 4 rings (SSSR count). The lowest BCUT2D eigenvalue weighted by Gasteiger charge is -2.23. The van der Waals surface area contributed by atoms with Crippen LogP contribution in [0.1, 0.15) is 39.0 Å². The molecule has 0 aliphatic heterocycles. The molecule has 4 unspecified atom stereocenters. The zero-order valence-corrected chi connectivity index (χ0v) is 18.9. The molecule has 0 saturated heterocycles. The smallest absolute Gasteiger partial charge is 0.186 e. The highest BCUT2D eigenvalue weighted by Gasteiger charge is 2.27. The Morgan fingerprint density at radius 3 is 2.48 bits per heavy atom. The number of hydrogen-bond donors (Lipinski definition) is 4. The van der Waals surface area contributed by atoms with E-state index < -0.39 is 18.0 Å². The van der Waals surface area contributed by atoms with Gasteiger partial charge in [0.25, 0.3) is 0 Å². The maximum Gasteiger partial charge on any atom is 0.186 e. The zero-order valence-electron chi connectivity index (χ0n) is 18.9. The van der Waals surface area contributed by atoms with E-state index in [-0.39, 0.29) is 17.6 Å². The molecule has 0 fully saturated rings. The molecule has 0 saturated carbocycles. The molecule has 4 aliphatic carbocycles. The van der Waals surface area contributed by atoms with Crippen molar-refractivity contribution in [1.82, 2.24) is 0 Å². The van der Waals surface area contributed by atoms with Crippen molar-refractivity contribution in [3.05, 3.63) is 94.7 Å². The molecule has 0 aromatic rings. The molecule has 174 valence electrons. The number of aliphatic hydroxyl groups excluding tert-OH is 2. The van der Waals surface area contributed by atoms with Gasteiger partial charge < -0.3 is 20.4 Å². The van der Waals surface area contributed by atoms with Crippen LogP contribution in [-0.2, 0) is 4.79 Å².